The highest BCUT2D eigenvalue weighted by Crippen LogP contribution is 2.21. The van der Waals surface area contributed by atoms with E-state index in [4.69, 9.17) is 0 Å². The van der Waals surface area contributed by atoms with Gasteiger partial charge >= 0.3 is 0 Å². The molecule has 1 heterocycles. The predicted octanol–water partition coefficient (Wildman–Crippen LogP) is 2.77. The average molecular weight is 395 g/mol. The van der Waals surface area contributed by atoms with Crippen LogP contribution in [0.25, 0.3) is 16.9 Å². The van der Waals surface area contributed by atoms with Crippen LogP contribution in [0.5, 0.6) is 0 Å². The van der Waals surface area contributed by atoms with Crippen molar-refractivity contribution in [3.05, 3.63) is 81.4 Å². The Morgan fingerprint density at radius 3 is 2.59 bits per heavy atom. The van der Waals surface area contributed by atoms with Crippen LogP contribution in [0.3, 0.4) is 0 Å². The first-order valence-electron chi connectivity index (χ1n) is 9.20. The van der Waals surface area contributed by atoms with Gasteiger partial charge in [0.2, 0.25) is 0 Å². The summed E-state index contributed by atoms with van der Waals surface area (Å²) in [6.45, 7) is 5.29. The second-order valence-electron chi connectivity index (χ2n) is 7.00. The van der Waals surface area contributed by atoms with Gasteiger partial charge in [0.25, 0.3) is 11.5 Å². The van der Waals surface area contributed by atoms with E-state index in [1.807, 2.05) is 32.0 Å². The number of aromatic nitrogens is 2. The summed E-state index contributed by atoms with van der Waals surface area (Å²) in [5, 5.41) is 16.1. The molecule has 0 bridgehead atoms. The van der Waals surface area contributed by atoms with E-state index in [0.717, 1.165) is 21.4 Å². The number of benzene rings is 2. The maximum absolute atomic E-state index is 13.7. The Labute approximate surface area is 167 Å². The molecule has 1 aromatic heterocycles. The van der Waals surface area contributed by atoms with Crippen LogP contribution >= 0.6 is 0 Å². The number of nitrogens with zero attached hydrogens (tertiary/aromatic N) is 2. The van der Waals surface area contributed by atoms with Crippen molar-refractivity contribution in [3.8, 4) is 16.9 Å². The first-order chi connectivity index (χ1) is 13.8. The lowest BCUT2D eigenvalue weighted by Gasteiger charge is -2.14. The van der Waals surface area contributed by atoms with Gasteiger partial charge in [0.15, 0.2) is 0 Å². The number of halogens is 1. The summed E-state index contributed by atoms with van der Waals surface area (Å²) in [7, 11) is 0. The van der Waals surface area contributed by atoms with Gasteiger partial charge in [-0.2, -0.15) is 9.78 Å². The normalized spacial score (nSPS) is 11.9. The molecular formula is C22H22FN3O3. The van der Waals surface area contributed by atoms with E-state index in [-0.39, 0.29) is 17.9 Å². The predicted molar refractivity (Wildman–Crippen MR) is 109 cm³/mol. The summed E-state index contributed by atoms with van der Waals surface area (Å²) in [5.41, 5.74) is 2.66. The van der Waals surface area contributed by atoms with E-state index in [1.165, 1.54) is 24.3 Å². The average Bonchev–Trinajstić information content (AvgIpc) is 2.70. The Morgan fingerprint density at radius 1 is 1.17 bits per heavy atom. The Hall–Kier alpha value is -3.32. The fraction of sp³-hybridized carbons (Fsp3) is 0.227. The SMILES string of the molecule is Cc1ccc(-c2cc(C(=O)N[C@H](C)CO)c(=O)n(-c3cccc(F)c3)n2)cc1C. The van der Waals surface area contributed by atoms with Gasteiger partial charge in [0, 0.05) is 11.6 Å². The lowest BCUT2D eigenvalue weighted by atomic mass is 10.0. The molecule has 2 aromatic carbocycles. The van der Waals surface area contributed by atoms with Crippen molar-refractivity contribution in [3.63, 3.8) is 0 Å². The number of hydrogen-bond acceptors (Lipinski definition) is 4. The largest absolute Gasteiger partial charge is 0.394 e. The third-order valence-electron chi connectivity index (χ3n) is 4.66. The van der Waals surface area contributed by atoms with Crippen molar-refractivity contribution in [2.45, 2.75) is 26.8 Å². The molecule has 0 unspecified atom stereocenters. The topological polar surface area (TPSA) is 84.2 Å². The van der Waals surface area contributed by atoms with Crippen molar-refractivity contribution >= 4 is 5.91 Å². The number of amides is 1. The summed E-state index contributed by atoms with van der Waals surface area (Å²) >= 11 is 0. The third kappa shape index (κ3) is 4.41. The van der Waals surface area contributed by atoms with Gasteiger partial charge in [-0.15, -0.1) is 0 Å². The van der Waals surface area contributed by atoms with E-state index in [1.54, 1.807) is 13.0 Å². The standard InChI is InChI=1S/C22H22FN3O3/c1-13-7-8-16(9-14(13)2)20-11-19(21(28)24-15(3)12-27)22(29)26(25-20)18-6-4-5-17(23)10-18/h4-11,15,27H,12H2,1-3H3,(H,24,28)/t15-/m1/s1. The second-order valence-corrected chi connectivity index (χ2v) is 7.00. The minimum Gasteiger partial charge on any atom is -0.394 e. The number of rotatable bonds is 5. The fourth-order valence-corrected chi connectivity index (χ4v) is 2.83. The molecule has 0 aliphatic heterocycles. The van der Waals surface area contributed by atoms with Crippen LogP contribution in [-0.2, 0) is 0 Å². The number of aliphatic hydroxyl groups excluding tert-OH is 1. The Bertz CT molecular complexity index is 1120. The molecule has 0 fully saturated rings. The summed E-state index contributed by atoms with van der Waals surface area (Å²) < 4.78 is 14.8. The number of carbonyl (C=O) groups is 1. The maximum atomic E-state index is 13.7. The van der Waals surface area contributed by atoms with Gasteiger partial charge in [0.1, 0.15) is 11.4 Å². The van der Waals surface area contributed by atoms with Crippen LogP contribution < -0.4 is 10.9 Å². The highest BCUT2D eigenvalue weighted by atomic mass is 19.1. The molecule has 7 heteroatoms. The molecule has 0 saturated heterocycles. The highest BCUT2D eigenvalue weighted by Gasteiger charge is 2.19. The van der Waals surface area contributed by atoms with Crippen molar-refractivity contribution in [1.82, 2.24) is 15.1 Å². The van der Waals surface area contributed by atoms with Crippen molar-refractivity contribution in [1.29, 1.82) is 0 Å². The second kappa shape index (κ2) is 8.36. The molecule has 29 heavy (non-hydrogen) atoms. The fourth-order valence-electron chi connectivity index (χ4n) is 2.83. The Balaban J connectivity index is 2.22. The number of nitrogens with one attached hydrogen (secondary N) is 1. The summed E-state index contributed by atoms with van der Waals surface area (Å²) in [6, 6.07) is 12.0. The molecule has 3 rings (SSSR count). The molecule has 150 valence electrons. The van der Waals surface area contributed by atoms with Gasteiger partial charge in [-0.3, -0.25) is 9.59 Å². The summed E-state index contributed by atoms with van der Waals surface area (Å²) in [4.78, 5) is 25.6. The molecule has 0 aliphatic carbocycles. The zero-order valence-electron chi connectivity index (χ0n) is 16.4. The lowest BCUT2D eigenvalue weighted by Crippen LogP contribution is -2.39. The Morgan fingerprint density at radius 2 is 1.93 bits per heavy atom. The lowest BCUT2D eigenvalue weighted by molar-refractivity contribution is 0.0920. The Kier molecular flexibility index (Phi) is 5.89. The van der Waals surface area contributed by atoms with Crippen molar-refractivity contribution in [2.75, 3.05) is 6.61 Å². The number of carbonyl (C=O) groups excluding carboxylic acids is 1. The smallest absolute Gasteiger partial charge is 0.284 e. The number of hydrogen-bond donors (Lipinski definition) is 2. The van der Waals surface area contributed by atoms with Crippen LogP contribution in [0.1, 0.15) is 28.4 Å². The van der Waals surface area contributed by atoms with Gasteiger partial charge in [-0.1, -0.05) is 18.2 Å². The van der Waals surface area contributed by atoms with Crippen molar-refractivity contribution in [2.24, 2.45) is 0 Å². The van der Waals surface area contributed by atoms with E-state index >= 15 is 0 Å². The van der Waals surface area contributed by atoms with Gasteiger partial charge in [0.05, 0.1) is 18.0 Å². The van der Waals surface area contributed by atoms with Gasteiger partial charge in [-0.05, 0) is 62.2 Å². The minimum atomic E-state index is -0.675. The number of aliphatic hydroxyl groups is 1. The quantitative estimate of drug-likeness (QED) is 0.696. The van der Waals surface area contributed by atoms with E-state index in [2.05, 4.69) is 10.4 Å². The zero-order valence-corrected chi connectivity index (χ0v) is 16.4. The molecule has 0 aliphatic rings. The summed E-state index contributed by atoms with van der Waals surface area (Å²) in [5.74, 6) is -1.15. The van der Waals surface area contributed by atoms with Crippen LogP contribution in [0.4, 0.5) is 4.39 Å². The van der Waals surface area contributed by atoms with Gasteiger partial charge < -0.3 is 10.4 Å². The molecule has 0 spiro atoms. The molecule has 1 atom stereocenters. The van der Waals surface area contributed by atoms with E-state index in [0.29, 0.717) is 5.69 Å². The first kappa shape index (κ1) is 20.4. The highest BCUT2D eigenvalue weighted by molar-refractivity contribution is 5.95. The van der Waals surface area contributed by atoms with Gasteiger partial charge in [-0.25, -0.2) is 4.39 Å². The van der Waals surface area contributed by atoms with Crippen LogP contribution in [0.15, 0.2) is 53.3 Å². The molecule has 0 radical (unpaired) electrons. The van der Waals surface area contributed by atoms with Crippen LogP contribution in [0.2, 0.25) is 0 Å². The molecule has 0 saturated carbocycles. The molecule has 2 N–H and O–H groups in total. The van der Waals surface area contributed by atoms with E-state index in [9.17, 15) is 19.1 Å². The molecule has 1 amide bonds. The van der Waals surface area contributed by atoms with Crippen LogP contribution in [0, 0.1) is 19.7 Å². The van der Waals surface area contributed by atoms with Crippen molar-refractivity contribution < 1.29 is 14.3 Å². The minimum absolute atomic E-state index is 0.141. The maximum Gasteiger partial charge on any atom is 0.284 e. The first-order valence-corrected chi connectivity index (χ1v) is 9.20. The molecule has 3 aromatic rings. The number of aryl methyl sites for hydroxylation is 2. The summed E-state index contributed by atoms with van der Waals surface area (Å²) in [6.07, 6.45) is 0. The zero-order chi connectivity index (χ0) is 21.1. The molecular weight excluding hydrogens is 373 g/mol. The van der Waals surface area contributed by atoms with E-state index < -0.39 is 23.3 Å². The monoisotopic (exact) mass is 395 g/mol. The third-order valence-corrected chi connectivity index (χ3v) is 4.66. The van der Waals surface area contributed by atoms with Crippen LogP contribution in [-0.4, -0.2) is 33.4 Å². The molecule has 6 nitrogen and oxygen atoms in total.